The van der Waals surface area contributed by atoms with Crippen LogP contribution in [-0.2, 0) is 13.0 Å². The SMILES string of the molecule is CC(C)NCc1ccc2c(c1)CCCO2. The van der Waals surface area contributed by atoms with E-state index in [1.807, 2.05) is 0 Å². The first-order chi connectivity index (χ1) is 7.25. The molecule has 82 valence electrons. The van der Waals surface area contributed by atoms with Crippen molar-refractivity contribution in [1.29, 1.82) is 0 Å². The average Bonchev–Trinajstić information content (AvgIpc) is 2.26. The number of hydrogen-bond donors (Lipinski definition) is 1. The highest BCUT2D eigenvalue weighted by molar-refractivity contribution is 5.38. The van der Waals surface area contributed by atoms with Crippen molar-refractivity contribution in [3.8, 4) is 5.75 Å². The van der Waals surface area contributed by atoms with Crippen molar-refractivity contribution in [2.24, 2.45) is 0 Å². The van der Waals surface area contributed by atoms with Crippen molar-refractivity contribution < 1.29 is 4.74 Å². The van der Waals surface area contributed by atoms with Crippen molar-refractivity contribution >= 4 is 0 Å². The first-order valence-electron chi connectivity index (χ1n) is 5.73. The second kappa shape index (κ2) is 4.67. The molecule has 0 aliphatic carbocycles. The van der Waals surface area contributed by atoms with Crippen molar-refractivity contribution in [2.75, 3.05) is 6.61 Å². The Bertz CT molecular complexity index is 333. The third kappa shape index (κ3) is 2.72. The van der Waals surface area contributed by atoms with Crippen LogP contribution in [0.3, 0.4) is 0 Å². The Morgan fingerprint density at radius 3 is 3.07 bits per heavy atom. The Morgan fingerprint density at radius 2 is 2.27 bits per heavy atom. The van der Waals surface area contributed by atoms with E-state index in [0.29, 0.717) is 6.04 Å². The van der Waals surface area contributed by atoms with E-state index in [0.717, 1.165) is 31.7 Å². The van der Waals surface area contributed by atoms with Gasteiger partial charge in [0.25, 0.3) is 0 Å². The van der Waals surface area contributed by atoms with Gasteiger partial charge in [0.15, 0.2) is 0 Å². The van der Waals surface area contributed by atoms with Crippen LogP contribution in [0.1, 0.15) is 31.4 Å². The number of nitrogens with one attached hydrogen (secondary N) is 1. The lowest BCUT2D eigenvalue weighted by Gasteiger charge is -2.18. The Labute approximate surface area is 91.6 Å². The summed E-state index contributed by atoms with van der Waals surface area (Å²) in [7, 11) is 0. The molecular weight excluding hydrogens is 186 g/mol. The van der Waals surface area contributed by atoms with Gasteiger partial charge in [0.05, 0.1) is 6.61 Å². The zero-order valence-electron chi connectivity index (χ0n) is 9.55. The standard InChI is InChI=1S/C13H19NO/c1-10(2)14-9-11-5-6-13-12(8-11)4-3-7-15-13/h5-6,8,10,14H,3-4,7,9H2,1-2H3. The topological polar surface area (TPSA) is 21.3 Å². The molecule has 2 rings (SSSR count). The van der Waals surface area contributed by atoms with Crippen LogP contribution in [0.25, 0.3) is 0 Å². The Kier molecular flexibility index (Phi) is 3.27. The van der Waals surface area contributed by atoms with Crippen LogP contribution in [-0.4, -0.2) is 12.6 Å². The molecule has 2 nitrogen and oxygen atoms in total. The summed E-state index contributed by atoms with van der Waals surface area (Å²) in [6.45, 7) is 6.16. The highest BCUT2D eigenvalue weighted by Gasteiger charge is 2.10. The lowest BCUT2D eigenvalue weighted by atomic mass is 10.0. The molecule has 0 saturated carbocycles. The molecule has 1 N–H and O–H groups in total. The van der Waals surface area contributed by atoms with Crippen LogP contribution in [0.15, 0.2) is 18.2 Å². The first kappa shape index (κ1) is 10.5. The van der Waals surface area contributed by atoms with E-state index in [2.05, 4.69) is 37.4 Å². The maximum Gasteiger partial charge on any atom is 0.122 e. The largest absolute Gasteiger partial charge is 0.493 e. The number of benzene rings is 1. The summed E-state index contributed by atoms with van der Waals surface area (Å²) >= 11 is 0. The van der Waals surface area contributed by atoms with Gasteiger partial charge in [-0.2, -0.15) is 0 Å². The highest BCUT2D eigenvalue weighted by Crippen LogP contribution is 2.25. The molecule has 1 aromatic carbocycles. The Morgan fingerprint density at radius 1 is 1.40 bits per heavy atom. The molecule has 0 amide bonds. The predicted octanol–water partition coefficient (Wildman–Crippen LogP) is 2.51. The van der Waals surface area contributed by atoms with Gasteiger partial charge in [0, 0.05) is 12.6 Å². The molecule has 15 heavy (non-hydrogen) atoms. The third-order valence-corrected chi connectivity index (χ3v) is 2.69. The molecule has 2 heteroatoms. The van der Waals surface area contributed by atoms with Gasteiger partial charge >= 0.3 is 0 Å². The fourth-order valence-corrected chi connectivity index (χ4v) is 1.85. The number of aryl methyl sites for hydroxylation is 1. The predicted molar refractivity (Wildman–Crippen MR) is 62.2 cm³/mol. The third-order valence-electron chi connectivity index (χ3n) is 2.69. The lowest BCUT2D eigenvalue weighted by Crippen LogP contribution is -2.22. The molecule has 1 aliphatic rings. The maximum atomic E-state index is 5.58. The summed E-state index contributed by atoms with van der Waals surface area (Å²) < 4.78 is 5.58. The molecule has 0 unspecified atom stereocenters. The van der Waals surface area contributed by atoms with Gasteiger partial charge in [-0.15, -0.1) is 0 Å². The normalized spacial score (nSPS) is 14.9. The molecule has 0 spiro atoms. The van der Waals surface area contributed by atoms with Gasteiger partial charge in [-0.1, -0.05) is 26.0 Å². The molecule has 0 atom stereocenters. The number of rotatable bonds is 3. The molecule has 0 aromatic heterocycles. The minimum Gasteiger partial charge on any atom is -0.493 e. The zero-order valence-corrected chi connectivity index (χ0v) is 9.55. The molecular formula is C13H19NO. The second-order valence-electron chi connectivity index (χ2n) is 4.43. The van der Waals surface area contributed by atoms with E-state index in [-0.39, 0.29) is 0 Å². The fourth-order valence-electron chi connectivity index (χ4n) is 1.85. The van der Waals surface area contributed by atoms with Crippen molar-refractivity contribution in [2.45, 2.75) is 39.3 Å². The van der Waals surface area contributed by atoms with Gasteiger partial charge < -0.3 is 10.1 Å². The van der Waals surface area contributed by atoms with Gasteiger partial charge in [-0.05, 0) is 30.0 Å². The molecule has 0 bridgehead atoms. The molecule has 0 saturated heterocycles. The minimum absolute atomic E-state index is 0.539. The number of hydrogen-bond acceptors (Lipinski definition) is 2. The average molecular weight is 205 g/mol. The quantitative estimate of drug-likeness (QED) is 0.818. The second-order valence-corrected chi connectivity index (χ2v) is 4.43. The summed E-state index contributed by atoms with van der Waals surface area (Å²) in [5.74, 6) is 1.08. The summed E-state index contributed by atoms with van der Waals surface area (Å²) in [6, 6.07) is 7.06. The van der Waals surface area contributed by atoms with Crippen molar-refractivity contribution in [1.82, 2.24) is 5.32 Å². The summed E-state index contributed by atoms with van der Waals surface area (Å²) in [5.41, 5.74) is 2.72. The monoisotopic (exact) mass is 205 g/mol. The van der Waals surface area contributed by atoms with E-state index >= 15 is 0 Å². The minimum atomic E-state index is 0.539. The summed E-state index contributed by atoms with van der Waals surface area (Å²) in [6.07, 6.45) is 2.30. The molecule has 1 aromatic rings. The van der Waals surface area contributed by atoms with Crippen LogP contribution in [0.5, 0.6) is 5.75 Å². The van der Waals surface area contributed by atoms with E-state index in [4.69, 9.17) is 4.74 Å². The van der Waals surface area contributed by atoms with Crippen LogP contribution in [0.2, 0.25) is 0 Å². The molecule has 1 heterocycles. The van der Waals surface area contributed by atoms with Gasteiger partial charge in [-0.25, -0.2) is 0 Å². The van der Waals surface area contributed by atoms with Crippen molar-refractivity contribution in [3.05, 3.63) is 29.3 Å². The summed E-state index contributed by atoms with van der Waals surface area (Å²) in [4.78, 5) is 0. The smallest absolute Gasteiger partial charge is 0.122 e. The molecule has 1 aliphatic heterocycles. The van der Waals surface area contributed by atoms with Crippen LogP contribution >= 0.6 is 0 Å². The Hall–Kier alpha value is -1.02. The maximum absolute atomic E-state index is 5.58. The van der Waals surface area contributed by atoms with Crippen LogP contribution in [0.4, 0.5) is 0 Å². The van der Waals surface area contributed by atoms with E-state index in [1.54, 1.807) is 0 Å². The van der Waals surface area contributed by atoms with Crippen LogP contribution in [0, 0.1) is 0 Å². The summed E-state index contributed by atoms with van der Waals surface area (Å²) in [5, 5.41) is 3.43. The highest BCUT2D eigenvalue weighted by atomic mass is 16.5. The molecule has 0 radical (unpaired) electrons. The van der Waals surface area contributed by atoms with Crippen LogP contribution < -0.4 is 10.1 Å². The van der Waals surface area contributed by atoms with Crippen molar-refractivity contribution in [3.63, 3.8) is 0 Å². The van der Waals surface area contributed by atoms with Gasteiger partial charge in [0.1, 0.15) is 5.75 Å². The lowest BCUT2D eigenvalue weighted by molar-refractivity contribution is 0.288. The van der Waals surface area contributed by atoms with Gasteiger partial charge in [-0.3, -0.25) is 0 Å². The van der Waals surface area contributed by atoms with E-state index in [1.165, 1.54) is 11.1 Å². The number of ether oxygens (including phenoxy) is 1. The fraction of sp³-hybridized carbons (Fsp3) is 0.538. The van der Waals surface area contributed by atoms with E-state index < -0.39 is 0 Å². The first-order valence-corrected chi connectivity index (χ1v) is 5.73. The zero-order chi connectivity index (χ0) is 10.7. The number of fused-ring (bicyclic) bond motifs is 1. The Balaban J connectivity index is 2.07. The van der Waals surface area contributed by atoms with Gasteiger partial charge in [0.2, 0.25) is 0 Å². The molecule has 0 fully saturated rings. The van der Waals surface area contributed by atoms with E-state index in [9.17, 15) is 0 Å².